The number of ether oxygens (including phenoxy) is 1. The number of esters is 1. The topological polar surface area (TPSA) is 82.4 Å². The van der Waals surface area contributed by atoms with E-state index in [1.807, 2.05) is 6.92 Å². The Bertz CT molecular complexity index is 622. The summed E-state index contributed by atoms with van der Waals surface area (Å²) in [6.45, 7) is 2.93. The first-order chi connectivity index (χ1) is 10.5. The minimum Gasteiger partial charge on any atom is -0.465 e. The van der Waals surface area contributed by atoms with E-state index in [1.165, 1.54) is 7.11 Å². The van der Waals surface area contributed by atoms with Crippen LogP contribution in [0, 0.1) is 24.2 Å². The first kappa shape index (κ1) is 15.8. The average Bonchev–Trinajstić information content (AvgIpc) is 2.55. The summed E-state index contributed by atoms with van der Waals surface area (Å²) in [5.41, 5.74) is 1.88. The fraction of sp³-hybridized carbons (Fsp3) is 0.438. The van der Waals surface area contributed by atoms with E-state index in [9.17, 15) is 9.59 Å². The molecule has 2 rings (SSSR count). The van der Waals surface area contributed by atoms with E-state index in [0.717, 1.165) is 18.4 Å². The fourth-order valence-corrected chi connectivity index (χ4v) is 2.51. The Hall–Kier alpha value is -2.55. The van der Waals surface area contributed by atoms with E-state index in [1.54, 1.807) is 23.1 Å². The lowest BCUT2D eigenvalue weighted by Crippen LogP contribution is -2.42. The summed E-state index contributed by atoms with van der Waals surface area (Å²) in [6, 6.07) is 6.98. The number of likely N-dealkylation sites (tertiary alicyclic amines) is 1. The number of nitrogens with zero attached hydrogens (tertiary/aromatic N) is 2. The van der Waals surface area contributed by atoms with Gasteiger partial charge in [0.2, 0.25) is 0 Å². The van der Waals surface area contributed by atoms with Crippen LogP contribution >= 0.6 is 0 Å². The van der Waals surface area contributed by atoms with Crippen LogP contribution in [0.25, 0.3) is 0 Å². The van der Waals surface area contributed by atoms with Crippen LogP contribution in [-0.4, -0.2) is 37.1 Å². The molecule has 22 heavy (non-hydrogen) atoms. The van der Waals surface area contributed by atoms with Crippen molar-refractivity contribution in [3.05, 3.63) is 29.3 Å². The Morgan fingerprint density at radius 3 is 2.86 bits per heavy atom. The molecule has 1 atom stereocenters. The second-order valence-electron chi connectivity index (χ2n) is 5.37. The Kier molecular flexibility index (Phi) is 4.99. The number of anilines is 1. The summed E-state index contributed by atoms with van der Waals surface area (Å²) in [5, 5.41) is 11.8. The fourth-order valence-electron chi connectivity index (χ4n) is 2.51. The number of nitriles is 1. The Morgan fingerprint density at radius 2 is 2.23 bits per heavy atom. The van der Waals surface area contributed by atoms with E-state index in [4.69, 9.17) is 5.26 Å². The number of methoxy groups -OCH3 is 1. The van der Waals surface area contributed by atoms with Crippen LogP contribution in [-0.2, 0) is 4.74 Å². The number of urea groups is 1. The van der Waals surface area contributed by atoms with Crippen molar-refractivity contribution < 1.29 is 14.3 Å². The summed E-state index contributed by atoms with van der Waals surface area (Å²) >= 11 is 0. The number of nitrogens with one attached hydrogen (secondary N) is 1. The van der Waals surface area contributed by atoms with Gasteiger partial charge in [-0.05, 0) is 43.5 Å². The van der Waals surface area contributed by atoms with Gasteiger partial charge in [0.1, 0.15) is 0 Å². The maximum absolute atomic E-state index is 12.3. The third-order valence-corrected chi connectivity index (χ3v) is 3.78. The number of rotatable bonds is 2. The van der Waals surface area contributed by atoms with Gasteiger partial charge in [0.15, 0.2) is 0 Å². The van der Waals surface area contributed by atoms with Gasteiger partial charge in [-0.15, -0.1) is 0 Å². The molecule has 1 heterocycles. The Morgan fingerprint density at radius 1 is 1.45 bits per heavy atom. The van der Waals surface area contributed by atoms with Crippen molar-refractivity contribution in [2.45, 2.75) is 19.8 Å². The molecule has 0 saturated carbocycles. The summed E-state index contributed by atoms with van der Waals surface area (Å²) in [6.07, 6.45) is 1.68. The Balaban J connectivity index is 2.05. The van der Waals surface area contributed by atoms with Crippen molar-refractivity contribution in [3.63, 3.8) is 0 Å². The van der Waals surface area contributed by atoms with Gasteiger partial charge in [-0.1, -0.05) is 0 Å². The van der Waals surface area contributed by atoms with Gasteiger partial charge in [0.05, 0.1) is 24.7 Å². The quantitative estimate of drug-likeness (QED) is 0.851. The second kappa shape index (κ2) is 6.94. The number of aryl methyl sites for hydroxylation is 1. The van der Waals surface area contributed by atoms with Gasteiger partial charge in [-0.2, -0.15) is 5.26 Å². The summed E-state index contributed by atoms with van der Waals surface area (Å²) < 4.78 is 4.67. The number of carbonyl (C=O) groups is 2. The van der Waals surface area contributed by atoms with E-state index in [2.05, 4.69) is 16.1 Å². The first-order valence-corrected chi connectivity index (χ1v) is 7.19. The van der Waals surface area contributed by atoms with Gasteiger partial charge in [0, 0.05) is 18.8 Å². The third-order valence-electron chi connectivity index (χ3n) is 3.78. The lowest BCUT2D eigenvalue weighted by Gasteiger charge is -2.29. The minimum atomic E-state index is -0.408. The molecule has 0 aliphatic carbocycles. The molecular weight excluding hydrogens is 282 g/mol. The lowest BCUT2D eigenvalue weighted by atomic mass is 10.0. The standard InChI is InChI=1S/C16H19N3O3/c1-11-8-13(15(20)22-2)5-6-14(11)18-16(21)19-7-3-4-12(9-17)10-19/h5-6,8,12H,3-4,7,10H2,1-2H3,(H,18,21). The molecule has 1 unspecified atom stereocenters. The second-order valence-corrected chi connectivity index (χ2v) is 5.37. The highest BCUT2D eigenvalue weighted by atomic mass is 16.5. The van der Waals surface area contributed by atoms with Crippen LogP contribution in [0.15, 0.2) is 18.2 Å². The number of carbonyl (C=O) groups excluding carboxylic acids is 2. The molecule has 1 aromatic rings. The smallest absolute Gasteiger partial charge is 0.337 e. The van der Waals surface area contributed by atoms with Crippen LogP contribution in [0.2, 0.25) is 0 Å². The number of hydrogen-bond donors (Lipinski definition) is 1. The van der Waals surface area contributed by atoms with E-state index >= 15 is 0 Å². The zero-order valence-electron chi connectivity index (χ0n) is 12.8. The molecule has 1 saturated heterocycles. The van der Waals surface area contributed by atoms with Crippen LogP contribution in [0.4, 0.5) is 10.5 Å². The number of benzene rings is 1. The largest absolute Gasteiger partial charge is 0.465 e. The molecule has 0 radical (unpaired) electrons. The summed E-state index contributed by atoms with van der Waals surface area (Å²) in [5.74, 6) is -0.504. The average molecular weight is 301 g/mol. The molecule has 0 spiro atoms. The maximum Gasteiger partial charge on any atom is 0.337 e. The van der Waals surface area contributed by atoms with Crippen molar-refractivity contribution >= 4 is 17.7 Å². The number of hydrogen-bond acceptors (Lipinski definition) is 4. The van der Waals surface area contributed by atoms with Crippen LogP contribution in [0.1, 0.15) is 28.8 Å². The van der Waals surface area contributed by atoms with Crippen molar-refractivity contribution in [2.24, 2.45) is 5.92 Å². The molecule has 116 valence electrons. The highest BCUT2D eigenvalue weighted by molar-refractivity contribution is 5.93. The molecular formula is C16H19N3O3. The summed E-state index contributed by atoms with van der Waals surface area (Å²) in [7, 11) is 1.33. The van der Waals surface area contributed by atoms with Gasteiger partial charge in [0.25, 0.3) is 0 Å². The minimum absolute atomic E-state index is 0.0951. The number of piperidine rings is 1. The van der Waals surface area contributed by atoms with Gasteiger partial charge in [-0.3, -0.25) is 0 Å². The molecule has 2 amide bonds. The van der Waals surface area contributed by atoms with Crippen LogP contribution in [0.3, 0.4) is 0 Å². The highest BCUT2D eigenvalue weighted by Crippen LogP contribution is 2.20. The molecule has 1 aliphatic rings. The molecule has 1 N–H and O–H groups in total. The molecule has 0 bridgehead atoms. The SMILES string of the molecule is COC(=O)c1ccc(NC(=O)N2CCCC(C#N)C2)c(C)c1. The van der Waals surface area contributed by atoms with E-state index in [0.29, 0.717) is 24.3 Å². The van der Waals surface area contributed by atoms with Crippen molar-refractivity contribution in [1.29, 1.82) is 5.26 Å². The predicted octanol–water partition coefficient (Wildman–Crippen LogP) is 2.55. The molecule has 1 fully saturated rings. The monoisotopic (exact) mass is 301 g/mol. The van der Waals surface area contributed by atoms with Gasteiger partial charge >= 0.3 is 12.0 Å². The van der Waals surface area contributed by atoms with Crippen LogP contribution in [0.5, 0.6) is 0 Å². The first-order valence-electron chi connectivity index (χ1n) is 7.19. The third kappa shape index (κ3) is 3.55. The number of amides is 2. The summed E-state index contributed by atoms with van der Waals surface area (Å²) in [4.78, 5) is 25.4. The van der Waals surface area contributed by atoms with Gasteiger partial charge in [-0.25, -0.2) is 9.59 Å². The van der Waals surface area contributed by atoms with Gasteiger partial charge < -0.3 is 15.0 Å². The molecule has 0 aromatic heterocycles. The normalized spacial score (nSPS) is 17.5. The lowest BCUT2D eigenvalue weighted by molar-refractivity contribution is 0.0600. The van der Waals surface area contributed by atoms with E-state index < -0.39 is 5.97 Å². The zero-order valence-corrected chi connectivity index (χ0v) is 12.8. The molecule has 1 aliphatic heterocycles. The van der Waals surface area contributed by atoms with E-state index in [-0.39, 0.29) is 11.9 Å². The molecule has 6 heteroatoms. The zero-order chi connectivity index (χ0) is 16.1. The predicted molar refractivity (Wildman–Crippen MR) is 81.4 cm³/mol. The Labute approximate surface area is 129 Å². The van der Waals surface area contributed by atoms with Crippen molar-refractivity contribution in [2.75, 3.05) is 25.5 Å². The molecule has 1 aromatic carbocycles. The highest BCUT2D eigenvalue weighted by Gasteiger charge is 2.23. The molecule has 6 nitrogen and oxygen atoms in total. The maximum atomic E-state index is 12.3. The van der Waals surface area contributed by atoms with Crippen molar-refractivity contribution in [1.82, 2.24) is 4.90 Å². The van der Waals surface area contributed by atoms with Crippen molar-refractivity contribution in [3.8, 4) is 6.07 Å². The van der Waals surface area contributed by atoms with Crippen LogP contribution < -0.4 is 5.32 Å².